The minimum Gasteiger partial charge on any atom is -0.473 e. The van der Waals surface area contributed by atoms with E-state index in [0.717, 1.165) is 0 Å². The monoisotopic (exact) mass is 292 g/mol. The molecule has 0 radical (unpaired) electrons. The van der Waals surface area contributed by atoms with E-state index in [1.54, 1.807) is 13.8 Å². The van der Waals surface area contributed by atoms with E-state index in [0.29, 0.717) is 13.1 Å². The summed E-state index contributed by atoms with van der Waals surface area (Å²) in [7, 11) is 0. The van der Waals surface area contributed by atoms with E-state index in [1.165, 1.54) is 0 Å². The maximum Gasteiger partial charge on any atom is 0.414 e. The number of hydrogen-bond acceptors (Lipinski definition) is 5. The van der Waals surface area contributed by atoms with Crippen LogP contribution in [0.1, 0.15) is 27.7 Å². The number of rotatable bonds is 5. The molecule has 0 heterocycles. The molecule has 0 aliphatic rings. The SMILES string of the molecule is CC(C)(CN)CNC(=O)C(C)(C)CO.O=C(O)C(=O)O. The van der Waals surface area contributed by atoms with Crippen molar-refractivity contribution in [1.29, 1.82) is 0 Å². The van der Waals surface area contributed by atoms with E-state index in [1.807, 2.05) is 13.8 Å². The molecule has 118 valence electrons. The van der Waals surface area contributed by atoms with E-state index < -0.39 is 17.4 Å². The van der Waals surface area contributed by atoms with Crippen molar-refractivity contribution in [1.82, 2.24) is 5.32 Å². The number of aliphatic hydroxyl groups excluding tert-OH is 1. The zero-order valence-electron chi connectivity index (χ0n) is 12.3. The predicted molar refractivity (Wildman–Crippen MR) is 72.0 cm³/mol. The fourth-order valence-electron chi connectivity index (χ4n) is 0.703. The van der Waals surface area contributed by atoms with Crippen LogP contribution in [0.15, 0.2) is 0 Å². The van der Waals surface area contributed by atoms with Gasteiger partial charge in [0.05, 0.1) is 12.0 Å². The van der Waals surface area contributed by atoms with Gasteiger partial charge in [0, 0.05) is 6.54 Å². The molecule has 8 heteroatoms. The van der Waals surface area contributed by atoms with Crippen LogP contribution in [0, 0.1) is 10.8 Å². The summed E-state index contributed by atoms with van der Waals surface area (Å²) in [6.07, 6.45) is 0. The first-order valence-electron chi connectivity index (χ1n) is 5.95. The summed E-state index contributed by atoms with van der Waals surface area (Å²) in [6, 6.07) is 0. The average Bonchev–Trinajstić information content (AvgIpc) is 2.36. The molecule has 0 aliphatic heterocycles. The molecule has 0 aliphatic carbocycles. The van der Waals surface area contributed by atoms with Crippen LogP contribution >= 0.6 is 0 Å². The first kappa shape index (κ1) is 20.6. The van der Waals surface area contributed by atoms with Crippen LogP contribution in [0.25, 0.3) is 0 Å². The Morgan fingerprint density at radius 2 is 1.45 bits per heavy atom. The van der Waals surface area contributed by atoms with Crippen molar-refractivity contribution in [3.8, 4) is 0 Å². The molecule has 0 aromatic heterocycles. The predicted octanol–water partition coefficient (Wildman–Crippen LogP) is -0.738. The van der Waals surface area contributed by atoms with Crippen molar-refractivity contribution < 1.29 is 29.7 Å². The number of nitrogens with two attached hydrogens (primary N) is 1. The van der Waals surface area contributed by atoms with Gasteiger partial charge in [0.25, 0.3) is 0 Å². The maximum atomic E-state index is 11.5. The first-order valence-corrected chi connectivity index (χ1v) is 5.95. The first-order chi connectivity index (χ1) is 8.89. The Morgan fingerprint density at radius 3 is 1.70 bits per heavy atom. The molecule has 0 unspecified atom stereocenters. The van der Waals surface area contributed by atoms with Gasteiger partial charge < -0.3 is 26.4 Å². The van der Waals surface area contributed by atoms with Crippen LogP contribution in [-0.2, 0) is 14.4 Å². The lowest BCUT2D eigenvalue weighted by Gasteiger charge is -2.26. The highest BCUT2D eigenvalue weighted by atomic mass is 16.4. The van der Waals surface area contributed by atoms with Gasteiger partial charge >= 0.3 is 11.9 Å². The number of aliphatic hydroxyl groups is 1. The third-order valence-electron chi connectivity index (χ3n) is 2.47. The van der Waals surface area contributed by atoms with Gasteiger partial charge in [0.1, 0.15) is 0 Å². The number of carbonyl (C=O) groups excluding carboxylic acids is 1. The van der Waals surface area contributed by atoms with E-state index in [4.69, 9.17) is 30.6 Å². The minimum atomic E-state index is -1.82. The Labute approximate surface area is 118 Å². The van der Waals surface area contributed by atoms with E-state index in [2.05, 4.69) is 5.32 Å². The summed E-state index contributed by atoms with van der Waals surface area (Å²) in [6.45, 7) is 8.29. The Balaban J connectivity index is 0. The van der Waals surface area contributed by atoms with Crippen molar-refractivity contribution in [2.24, 2.45) is 16.6 Å². The number of hydrogen-bond donors (Lipinski definition) is 5. The maximum absolute atomic E-state index is 11.5. The Hall–Kier alpha value is -1.67. The summed E-state index contributed by atoms with van der Waals surface area (Å²) < 4.78 is 0. The average molecular weight is 292 g/mol. The summed E-state index contributed by atoms with van der Waals surface area (Å²) >= 11 is 0. The van der Waals surface area contributed by atoms with Gasteiger partial charge in [-0.3, -0.25) is 4.79 Å². The van der Waals surface area contributed by atoms with Gasteiger partial charge in [-0.25, -0.2) is 9.59 Å². The second kappa shape index (κ2) is 8.49. The molecular formula is C12H24N2O6. The van der Waals surface area contributed by atoms with E-state index in [9.17, 15) is 4.79 Å². The zero-order valence-corrected chi connectivity index (χ0v) is 12.3. The van der Waals surface area contributed by atoms with Crippen LogP contribution in [0.3, 0.4) is 0 Å². The molecule has 0 saturated carbocycles. The quantitative estimate of drug-likeness (QED) is 0.419. The molecule has 0 saturated heterocycles. The minimum absolute atomic E-state index is 0.0960. The molecule has 0 aromatic rings. The molecule has 0 aromatic carbocycles. The second-order valence-corrected chi connectivity index (χ2v) is 5.70. The van der Waals surface area contributed by atoms with Crippen LogP contribution < -0.4 is 11.1 Å². The van der Waals surface area contributed by atoms with Gasteiger partial charge in [0.15, 0.2) is 0 Å². The third kappa shape index (κ3) is 9.29. The molecular weight excluding hydrogens is 268 g/mol. The number of carbonyl (C=O) groups is 3. The largest absolute Gasteiger partial charge is 0.473 e. The fourth-order valence-corrected chi connectivity index (χ4v) is 0.703. The lowest BCUT2D eigenvalue weighted by molar-refractivity contribution is -0.159. The normalized spacial score (nSPS) is 11.1. The smallest absolute Gasteiger partial charge is 0.414 e. The highest BCUT2D eigenvalue weighted by Crippen LogP contribution is 2.15. The van der Waals surface area contributed by atoms with Crippen molar-refractivity contribution in [2.75, 3.05) is 19.7 Å². The summed E-state index contributed by atoms with van der Waals surface area (Å²) in [5.41, 5.74) is 4.72. The lowest BCUT2D eigenvalue weighted by atomic mass is 9.90. The lowest BCUT2D eigenvalue weighted by Crippen LogP contribution is -2.45. The molecule has 6 N–H and O–H groups in total. The topological polar surface area (TPSA) is 150 Å². The molecule has 0 fully saturated rings. The van der Waals surface area contributed by atoms with Crippen molar-refractivity contribution in [3.05, 3.63) is 0 Å². The number of amides is 1. The van der Waals surface area contributed by atoms with Crippen molar-refractivity contribution >= 4 is 17.8 Å². The fraction of sp³-hybridized carbons (Fsp3) is 0.750. The zero-order chi connectivity index (χ0) is 16.6. The molecule has 0 rings (SSSR count). The Kier molecular flexibility index (Phi) is 8.76. The van der Waals surface area contributed by atoms with Gasteiger partial charge in [-0.1, -0.05) is 13.8 Å². The summed E-state index contributed by atoms with van der Waals surface area (Å²) in [4.78, 5) is 29.7. The molecule has 8 nitrogen and oxygen atoms in total. The molecule has 0 spiro atoms. The molecule has 0 atom stereocenters. The van der Waals surface area contributed by atoms with E-state index in [-0.39, 0.29) is 17.9 Å². The number of carboxylic acids is 2. The number of nitrogens with one attached hydrogen (secondary N) is 1. The standard InChI is InChI=1S/C10H22N2O2.C2H2O4/c1-9(2,5-11)6-12-8(14)10(3,4)7-13;3-1(4)2(5)6/h13H,5-7,11H2,1-4H3,(H,12,14);(H,3,4)(H,5,6). The van der Waals surface area contributed by atoms with Gasteiger partial charge in [-0.15, -0.1) is 0 Å². The number of carboxylic acid groups (broad SMARTS) is 2. The second-order valence-electron chi connectivity index (χ2n) is 5.70. The van der Waals surface area contributed by atoms with Gasteiger partial charge in [-0.2, -0.15) is 0 Å². The van der Waals surface area contributed by atoms with Gasteiger partial charge in [-0.05, 0) is 25.8 Å². The Morgan fingerprint density at radius 1 is 1.05 bits per heavy atom. The van der Waals surface area contributed by atoms with Crippen LogP contribution in [0.4, 0.5) is 0 Å². The molecule has 0 bridgehead atoms. The Bertz CT molecular complexity index is 340. The highest BCUT2D eigenvalue weighted by Gasteiger charge is 2.27. The summed E-state index contributed by atoms with van der Waals surface area (Å²) in [5.74, 6) is -3.79. The van der Waals surface area contributed by atoms with Gasteiger partial charge in [0.2, 0.25) is 5.91 Å². The van der Waals surface area contributed by atoms with Crippen LogP contribution in [0.2, 0.25) is 0 Å². The highest BCUT2D eigenvalue weighted by molar-refractivity contribution is 6.27. The molecule has 20 heavy (non-hydrogen) atoms. The summed E-state index contributed by atoms with van der Waals surface area (Å²) in [5, 5.41) is 26.5. The van der Waals surface area contributed by atoms with Crippen molar-refractivity contribution in [3.63, 3.8) is 0 Å². The van der Waals surface area contributed by atoms with E-state index >= 15 is 0 Å². The van der Waals surface area contributed by atoms with Crippen molar-refractivity contribution in [2.45, 2.75) is 27.7 Å². The third-order valence-corrected chi connectivity index (χ3v) is 2.47. The molecule has 1 amide bonds. The van der Waals surface area contributed by atoms with Crippen LogP contribution in [0.5, 0.6) is 0 Å². The van der Waals surface area contributed by atoms with Crippen LogP contribution in [-0.4, -0.2) is 52.9 Å². The number of aliphatic carboxylic acids is 2.